The van der Waals surface area contributed by atoms with Crippen LogP contribution in [0.3, 0.4) is 0 Å². The predicted molar refractivity (Wildman–Crippen MR) is 204 cm³/mol. The van der Waals surface area contributed by atoms with E-state index < -0.39 is 0 Å². The maximum absolute atomic E-state index is 2.41. The highest BCUT2D eigenvalue weighted by Gasteiger charge is 2.10. The molecule has 0 amide bonds. The van der Waals surface area contributed by atoms with Crippen LogP contribution < -0.4 is 0 Å². The molecular formula is C47H46. The molecule has 0 aliphatic rings. The summed E-state index contributed by atoms with van der Waals surface area (Å²) < 4.78 is 0. The molecule has 0 unspecified atom stereocenters. The number of benzene rings is 6. The third-order valence-corrected chi connectivity index (χ3v) is 9.34. The molecule has 0 bridgehead atoms. The Kier molecular flexibility index (Phi) is 10.3. The van der Waals surface area contributed by atoms with Crippen molar-refractivity contribution in [1.82, 2.24) is 0 Å². The van der Waals surface area contributed by atoms with Crippen LogP contribution in [0.15, 0.2) is 146 Å². The van der Waals surface area contributed by atoms with Gasteiger partial charge in [0.05, 0.1) is 0 Å². The summed E-state index contributed by atoms with van der Waals surface area (Å²) in [6.45, 7) is 8.66. The highest BCUT2D eigenvalue weighted by Crippen LogP contribution is 2.32. The quantitative estimate of drug-likeness (QED) is 0.128. The fourth-order valence-corrected chi connectivity index (χ4v) is 6.38. The standard InChI is InChI=1S/C47H46/c1-5-37-18-26-39(27-19-37)43-29-31-47(41-24-16-36(4)17-25-41)45(33-43)11-9-7-6-8-10-44-32-42(38-20-12-34(2)13-21-38)28-30-46(44)40-22-14-35(3)15-23-40/h6-7,12-33H,5,8-11H2,1-4H3/b7-6+. The lowest BCUT2D eigenvalue weighted by Gasteiger charge is -2.13. The third-order valence-electron chi connectivity index (χ3n) is 9.34. The molecule has 6 aromatic carbocycles. The van der Waals surface area contributed by atoms with Crippen LogP contribution in [-0.2, 0) is 19.3 Å². The number of rotatable bonds is 11. The lowest BCUT2D eigenvalue weighted by atomic mass is 9.91. The van der Waals surface area contributed by atoms with E-state index in [-0.39, 0.29) is 0 Å². The van der Waals surface area contributed by atoms with E-state index in [1.807, 2.05) is 0 Å². The smallest absolute Gasteiger partial charge is 0.0151 e. The molecule has 0 aliphatic carbocycles. The Morgan fingerprint density at radius 1 is 0.383 bits per heavy atom. The van der Waals surface area contributed by atoms with Crippen LogP contribution >= 0.6 is 0 Å². The van der Waals surface area contributed by atoms with E-state index in [1.165, 1.54) is 77.9 Å². The van der Waals surface area contributed by atoms with Crippen molar-refractivity contribution >= 4 is 0 Å². The molecule has 0 spiro atoms. The molecule has 0 saturated carbocycles. The molecule has 0 radical (unpaired) electrons. The molecule has 0 heteroatoms. The van der Waals surface area contributed by atoms with Crippen molar-refractivity contribution in [3.05, 3.63) is 179 Å². The first-order chi connectivity index (χ1) is 23.0. The average Bonchev–Trinajstić information content (AvgIpc) is 3.11. The Morgan fingerprint density at radius 2 is 0.723 bits per heavy atom. The number of aryl methyl sites for hydroxylation is 6. The van der Waals surface area contributed by atoms with Gasteiger partial charge in [-0.3, -0.25) is 0 Å². The van der Waals surface area contributed by atoms with E-state index in [2.05, 4.69) is 173 Å². The van der Waals surface area contributed by atoms with Crippen molar-refractivity contribution < 1.29 is 0 Å². The van der Waals surface area contributed by atoms with Crippen molar-refractivity contribution in [3.8, 4) is 44.5 Å². The topological polar surface area (TPSA) is 0 Å². The van der Waals surface area contributed by atoms with Gasteiger partial charge < -0.3 is 0 Å². The molecule has 6 aromatic rings. The van der Waals surface area contributed by atoms with E-state index in [9.17, 15) is 0 Å². The maximum Gasteiger partial charge on any atom is -0.0151 e. The molecule has 0 nitrogen and oxygen atoms in total. The van der Waals surface area contributed by atoms with Gasteiger partial charge in [-0.25, -0.2) is 0 Å². The van der Waals surface area contributed by atoms with Crippen LogP contribution in [0, 0.1) is 20.8 Å². The monoisotopic (exact) mass is 610 g/mol. The van der Waals surface area contributed by atoms with Gasteiger partial charge in [0.15, 0.2) is 0 Å². The minimum Gasteiger partial charge on any atom is -0.0882 e. The minimum absolute atomic E-state index is 1.01. The zero-order valence-corrected chi connectivity index (χ0v) is 28.4. The summed E-state index contributed by atoms with van der Waals surface area (Å²) in [5.74, 6) is 0. The predicted octanol–water partition coefficient (Wildman–Crippen LogP) is 13.0. The summed E-state index contributed by atoms with van der Waals surface area (Å²) in [4.78, 5) is 0. The molecule has 0 heterocycles. The van der Waals surface area contributed by atoms with Gasteiger partial charge in [-0.1, -0.05) is 169 Å². The Hall–Kier alpha value is -4.94. The van der Waals surface area contributed by atoms with E-state index in [4.69, 9.17) is 0 Å². The zero-order valence-electron chi connectivity index (χ0n) is 28.4. The SMILES string of the molecule is CCc1ccc(-c2ccc(-c3ccc(C)cc3)c(CC/C=C/CCc3cc(-c4ccc(C)cc4)ccc3-c3ccc(C)cc3)c2)cc1. The second-order valence-electron chi connectivity index (χ2n) is 12.9. The summed E-state index contributed by atoms with van der Waals surface area (Å²) >= 11 is 0. The fourth-order valence-electron chi connectivity index (χ4n) is 6.38. The van der Waals surface area contributed by atoms with Crippen LogP contribution in [-0.4, -0.2) is 0 Å². The molecule has 0 saturated heterocycles. The van der Waals surface area contributed by atoms with Crippen molar-refractivity contribution in [1.29, 1.82) is 0 Å². The van der Waals surface area contributed by atoms with Gasteiger partial charge in [0.2, 0.25) is 0 Å². The van der Waals surface area contributed by atoms with Crippen molar-refractivity contribution in [2.75, 3.05) is 0 Å². The van der Waals surface area contributed by atoms with Crippen LogP contribution in [0.2, 0.25) is 0 Å². The molecule has 0 atom stereocenters. The largest absolute Gasteiger partial charge is 0.0882 e. The molecule has 6 rings (SSSR count). The van der Waals surface area contributed by atoms with Gasteiger partial charge in [-0.15, -0.1) is 0 Å². The van der Waals surface area contributed by atoms with Gasteiger partial charge in [0, 0.05) is 0 Å². The molecular weight excluding hydrogens is 565 g/mol. The van der Waals surface area contributed by atoms with Gasteiger partial charge in [0.25, 0.3) is 0 Å². The normalized spacial score (nSPS) is 11.3. The maximum atomic E-state index is 2.41. The van der Waals surface area contributed by atoms with Gasteiger partial charge >= 0.3 is 0 Å². The van der Waals surface area contributed by atoms with Crippen molar-refractivity contribution in [2.24, 2.45) is 0 Å². The van der Waals surface area contributed by atoms with Gasteiger partial charge in [0.1, 0.15) is 0 Å². The molecule has 0 aromatic heterocycles. The first-order valence-electron chi connectivity index (χ1n) is 17.2. The Labute approximate surface area is 282 Å². The summed E-state index contributed by atoms with van der Waals surface area (Å²) in [7, 11) is 0. The summed E-state index contributed by atoms with van der Waals surface area (Å²) in [6, 6.07) is 49.8. The zero-order chi connectivity index (χ0) is 32.6. The first-order valence-corrected chi connectivity index (χ1v) is 17.2. The van der Waals surface area contributed by atoms with Crippen molar-refractivity contribution in [2.45, 2.75) is 59.8 Å². The summed E-state index contributed by atoms with van der Waals surface area (Å²) in [6.07, 6.45) is 9.90. The van der Waals surface area contributed by atoms with Crippen LogP contribution in [0.1, 0.15) is 53.1 Å². The van der Waals surface area contributed by atoms with Gasteiger partial charge in [-0.05, 0) is 114 Å². The third kappa shape index (κ3) is 8.08. The Morgan fingerprint density at radius 3 is 1.11 bits per heavy atom. The molecule has 0 aliphatic heterocycles. The Balaban J connectivity index is 1.19. The first kappa shape index (κ1) is 32.0. The second-order valence-corrected chi connectivity index (χ2v) is 12.9. The van der Waals surface area contributed by atoms with Crippen LogP contribution in [0.25, 0.3) is 44.5 Å². The minimum atomic E-state index is 1.01. The second kappa shape index (κ2) is 15.1. The van der Waals surface area contributed by atoms with E-state index in [0.717, 1.165) is 32.1 Å². The number of hydrogen-bond acceptors (Lipinski definition) is 0. The van der Waals surface area contributed by atoms with Crippen LogP contribution in [0.4, 0.5) is 0 Å². The summed E-state index contributed by atoms with van der Waals surface area (Å²) in [5.41, 5.74) is 18.4. The lowest BCUT2D eigenvalue weighted by molar-refractivity contribution is 0.963. The van der Waals surface area contributed by atoms with E-state index in [0.29, 0.717) is 0 Å². The molecule has 234 valence electrons. The van der Waals surface area contributed by atoms with Crippen LogP contribution in [0.5, 0.6) is 0 Å². The highest BCUT2D eigenvalue weighted by molar-refractivity contribution is 5.75. The lowest BCUT2D eigenvalue weighted by Crippen LogP contribution is -1.93. The van der Waals surface area contributed by atoms with Gasteiger partial charge in [-0.2, -0.15) is 0 Å². The highest BCUT2D eigenvalue weighted by atomic mass is 14.1. The molecule has 47 heavy (non-hydrogen) atoms. The Bertz CT molecular complexity index is 1930. The van der Waals surface area contributed by atoms with Crippen molar-refractivity contribution in [3.63, 3.8) is 0 Å². The number of hydrogen-bond donors (Lipinski definition) is 0. The van der Waals surface area contributed by atoms with E-state index in [1.54, 1.807) is 0 Å². The fraction of sp³-hybridized carbons (Fsp3) is 0.191. The average molecular weight is 611 g/mol. The molecule has 0 N–H and O–H groups in total. The molecule has 0 fully saturated rings. The number of allylic oxidation sites excluding steroid dienone is 2. The summed E-state index contributed by atoms with van der Waals surface area (Å²) in [5, 5.41) is 0. The van der Waals surface area contributed by atoms with E-state index >= 15 is 0 Å².